The van der Waals surface area contributed by atoms with Crippen LogP contribution in [0.2, 0.25) is 0 Å². The molecule has 0 saturated heterocycles. The number of thioether (sulfide) groups is 1. The molecule has 0 aliphatic heterocycles. The summed E-state index contributed by atoms with van der Waals surface area (Å²) in [4.78, 5) is 0. The van der Waals surface area contributed by atoms with Gasteiger partial charge in [-0.3, -0.25) is 0 Å². The average Bonchev–Trinajstić information content (AvgIpc) is 2.44. The van der Waals surface area contributed by atoms with Gasteiger partial charge in [0.2, 0.25) is 10.0 Å². The molecule has 20 heavy (non-hydrogen) atoms. The summed E-state index contributed by atoms with van der Waals surface area (Å²) in [7, 11) is -1.69. The molecule has 0 fully saturated rings. The summed E-state index contributed by atoms with van der Waals surface area (Å²) in [6, 6.07) is 8.72. The quantitative estimate of drug-likeness (QED) is 0.776. The van der Waals surface area contributed by atoms with Crippen LogP contribution in [0.1, 0.15) is 24.5 Å². The van der Waals surface area contributed by atoms with Gasteiger partial charge >= 0.3 is 0 Å². The van der Waals surface area contributed by atoms with E-state index in [4.69, 9.17) is 5.26 Å². The van der Waals surface area contributed by atoms with Crippen LogP contribution in [0.5, 0.6) is 0 Å². The first-order valence-electron chi connectivity index (χ1n) is 6.38. The number of nitrogens with zero attached hydrogens (tertiary/aromatic N) is 2. The molecule has 0 saturated carbocycles. The molecular formula is C14H20N2O2S2. The molecule has 0 N–H and O–H groups in total. The number of hydrogen-bond donors (Lipinski definition) is 0. The number of nitriles is 1. The van der Waals surface area contributed by atoms with Crippen molar-refractivity contribution in [3.63, 3.8) is 0 Å². The molecule has 4 nitrogen and oxygen atoms in total. The van der Waals surface area contributed by atoms with Crippen molar-refractivity contribution >= 4 is 21.8 Å². The van der Waals surface area contributed by atoms with Gasteiger partial charge in [-0.1, -0.05) is 19.1 Å². The van der Waals surface area contributed by atoms with Crippen LogP contribution in [0.15, 0.2) is 24.3 Å². The fourth-order valence-electron chi connectivity index (χ4n) is 1.89. The predicted molar refractivity (Wildman–Crippen MR) is 84.0 cm³/mol. The van der Waals surface area contributed by atoms with E-state index >= 15 is 0 Å². The molecule has 0 spiro atoms. The van der Waals surface area contributed by atoms with Gasteiger partial charge in [-0.05, 0) is 30.4 Å². The van der Waals surface area contributed by atoms with Gasteiger partial charge in [-0.25, -0.2) is 12.7 Å². The van der Waals surface area contributed by atoms with Crippen molar-refractivity contribution in [2.45, 2.75) is 25.1 Å². The lowest BCUT2D eigenvalue weighted by atomic mass is 10.2. The van der Waals surface area contributed by atoms with Crippen LogP contribution in [0.3, 0.4) is 0 Å². The Hall–Kier alpha value is -1.03. The van der Waals surface area contributed by atoms with Crippen molar-refractivity contribution in [1.82, 2.24) is 4.31 Å². The third-order valence-corrected chi connectivity index (χ3v) is 5.81. The normalized spacial score (nSPS) is 13.2. The summed E-state index contributed by atoms with van der Waals surface area (Å²) in [5.41, 5.74) is 1.24. The first kappa shape index (κ1) is 17.0. The number of sulfonamides is 1. The molecule has 0 bridgehead atoms. The van der Waals surface area contributed by atoms with Gasteiger partial charge in [0.25, 0.3) is 0 Å². The largest absolute Gasteiger partial charge is 0.218 e. The first-order valence-corrected chi connectivity index (χ1v) is 9.38. The molecule has 0 radical (unpaired) electrons. The zero-order chi connectivity index (χ0) is 15.2. The van der Waals surface area contributed by atoms with Gasteiger partial charge in [0.15, 0.2) is 0 Å². The molecule has 0 aliphatic rings. The van der Waals surface area contributed by atoms with Crippen LogP contribution >= 0.6 is 11.8 Å². The highest BCUT2D eigenvalue weighted by Crippen LogP contribution is 2.16. The zero-order valence-corrected chi connectivity index (χ0v) is 13.7. The molecule has 0 aliphatic carbocycles. The third-order valence-electron chi connectivity index (χ3n) is 3.22. The maximum absolute atomic E-state index is 12.4. The molecule has 1 aromatic rings. The Labute approximate surface area is 125 Å². The van der Waals surface area contributed by atoms with Crippen molar-refractivity contribution < 1.29 is 8.42 Å². The van der Waals surface area contributed by atoms with Crippen molar-refractivity contribution in [3.8, 4) is 6.07 Å². The van der Waals surface area contributed by atoms with E-state index in [1.165, 1.54) is 4.31 Å². The minimum absolute atomic E-state index is 0.0216. The van der Waals surface area contributed by atoms with Crippen molar-refractivity contribution in [3.05, 3.63) is 35.4 Å². The summed E-state index contributed by atoms with van der Waals surface area (Å²) in [5.74, 6) is 0.764. The second-order valence-corrected chi connectivity index (χ2v) is 7.54. The lowest BCUT2D eigenvalue weighted by Gasteiger charge is -2.26. The van der Waals surface area contributed by atoms with E-state index in [1.54, 1.807) is 43.1 Å². The summed E-state index contributed by atoms with van der Waals surface area (Å²) in [5, 5.41) is 8.73. The maximum Gasteiger partial charge on any atom is 0.218 e. The molecule has 110 valence electrons. The molecule has 0 amide bonds. The van der Waals surface area contributed by atoms with Crippen LogP contribution in [0.25, 0.3) is 0 Å². The molecule has 1 aromatic carbocycles. The van der Waals surface area contributed by atoms with Crippen LogP contribution in [0, 0.1) is 11.3 Å². The van der Waals surface area contributed by atoms with Crippen LogP contribution in [-0.2, 0) is 15.8 Å². The van der Waals surface area contributed by atoms with Gasteiger partial charge in [0, 0.05) is 18.8 Å². The second-order valence-electron chi connectivity index (χ2n) is 4.60. The van der Waals surface area contributed by atoms with E-state index in [-0.39, 0.29) is 11.8 Å². The fraction of sp³-hybridized carbons (Fsp3) is 0.500. The molecule has 1 unspecified atom stereocenters. The topological polar surface area (TPSA) is 61.2 Å². The summed E-state index contributed by atoms with van der Waals surface area (Å²) < 4.78 is 26.2. The fourth-order valence-corrected chi connectivity index (χ4v) is 4.32. The molecule has 0 aromatic heterocycles. The average molecular weight is 312 g/mol. The lowest BCUT2D eigenvalue weighted by molar-refractivity contribution is 0.385. The van der Waals surface area contributed by atoms with E-state index < -0.39 is 10.0 Å². The van der Waals surface area contributed by atoms with Gasteiger partial charge in [0.1, 0.15) is 0 Å². The highest BCUT2D eigenvalue weighted by molar-refractivity contribution is 7.98. The minimum atomic E-state index is -3.33. The highest BCUT2D eigenvalue weighted by atomic mass is 32.2. The Morgan fingerprint density at radius 3 is 2.40 bits per heavy atom. The Morgan fingerprint density at radius 2 is 1.95 bits per heavy atom. The molecule has 1 rings (SSSR count). The van der Waals surface area contributed by atoms with Gasteiger partial charge < -0.3 is 0 Å². The molecule has 6 heteroatoms. The van der Waals surface area contributed by atoms with Gasteiger partial charge in [0.05, 0.1) is 17.4 Å². The monoisotopic (exact) mass is 312 g/mol. The Bertz CT molecular complexity index is 562. The highest BCUT2D eigenvalue weighted by Gasteiger charge is 2.25. The molecular weight excluding hydrogens is 292 g/mol. The summed E-state index contributed by atoms with van der Waals surface area (Å²) in [6.07, 6.45) is 2.77. The minimum Gasteiger partial charge on any atom is -0.212 e. The molecule has 1 atom stereocenters. The third kappa shape index (κ3) is 4.51. The van der Waals surface area contributed by atoms with E-state index in [1.807, 2.05) is 19.2 Å². The number of rotatable bonds is 7. The van der Waals surface area contributed by atoms with E-state index in [0.717, 1.165) is 12.2 Å². The van der Waals surface area contributed by atoms with E-state index in [2.05, 4.69) is 0 Å². The van der Waals surface area contributed by atoms with E-state index in [0.29, 0.717) is 11.1 Å². The van der Waals surface area contributed by atoms with Crippen LogP contribution in [-0.4, -0.2) is 37.8 Å². The standard InChI is InChI=1S/C14H20N2O2S2/c1-4-14(10-19-3)16(2)20(17,18)11-13-7-5-12(9-15)6-8-13/h5-8,14H,4,10-11H2,1-3H3. The zero-order valence-electron chi connectivity index (χ0n) is 12.0. The number of hydrogen-bond acceptors (Lipinski definition) is 4. The predicted octanol–water partition coefficient (Wildman–Crippen LogP) is 2.46. The molecule has 0 heterocycles. The van der Waals surface area contributed by atoms with Crippen LogP contribution < -0.4 is 0 Å². The SMILES string of the molecule is CCC(CSC)N(C)S(=O)(=O)Cc1ccc(C#N)cc1. The Balaban J connectivity index is 2.85. The second kappa shape index (κ2) is 7.67. The van der Waals surface area contributed by atoms with Gasteiger partial charge in [-0.2, -0.15) is 17.0 Å². The van der Waals surface area contributed by atoms with Crippen molar-refractivity contribution in [2.75, 3.05) is 19.1 Å². The van der Waals surface area contributed by atoms with Gasteiger partial charge in [-0.15, -0.1) is 0 Å². The van der Waals surface area contributed by atoms with E-state index in [9.17, 15) is 8.42 Å². The Kier molecular flexibility index (Phi) is 6.53. The first-order chi connectivity index (χ1) is 9.44. The van der Waals surface area contributed by atoms with Crippen LogP contribution in [0.4, 0.5) is 0 Å². The Morgan fingerprint density at radius 1 is 1.35 bits per heavy atom. The summed E-state index contributed by atoms with van der Waals surface area (Å²) >= 11 is 1.65. The number of benzene rings is 1. The van der Waals surface area contributed by atoms with Crippen molar-refractivity contribution in [2.24, 2.45) is 0 Å². The smallest absolute Gasteiger partial charge is 0.212 e. The summed E-state index contributed by atoms with van der Waals surface area (Å²) in [6.45, 7) is 1.99. The lowest BCUT2D eigenvalue weighted by Crippen LogP contribution is -2.38. The maximum atomic E-state index is 12.4. The van der Waals surface area contributed by atoms with Crippen molar-refractivity contribution in [1.29, 1.82) is 5.26 Å².